The molecule has 0 spiro atoms. The van der Waals surface area contributed by atoms with Crippen molar-refractivity contribution in [1.82, 2.24) is 0 Å². The molecule has 0 aromatic carbocycles. The second kappa shape index (κ2) is 3.46. The van der Waals surface area contributed by atoms with Crippen molar-refractivity contribution in [2.24, 2.45) is 0 Å². The van der Waals surface area contributed by atoms with Crippen LogP contribution in [-0.4, -0.2) is 0 Å². The monoisotopic (exact) mass is 138 g/mol. The number of allylic oxidation sites excluding steroid dienone is 1. The van der Waals surface area contributed by atoms with E-state index in [9.17, 15) is 0 Å². The van der Waals surface area contributed by atoms with Crippen LogP contribution >= 0.6 is 11.3 Å². The van der Waals surface area contributed by atoms with Gasteiger partial charge in [-0.2, -0.15) is 0 Å². The largest absolute Gasteiger partial charge is 0.149 e. The van der Waals surface area contributed by atoms with Crippen molar-refractivity contribution in [2.45, 2.75) is 12.8 Å². The zero-order chi connectivity index (χ0) is 6.53. The van der Waals surface area contributed by atoms with Gasteiger partial charge in [-0.1, -0.05) is 12.1 Å². The Morgan fingerprint density at radius 1 is 1.67 bits per heavy atom. The van der Waals surface area contributed by atoms with Crippen molar-refractivity contribution in [2.75, 3.05) is 0 Å². The molecule has 0 N–H and O–H groups in total. The molecule has 1 aromatic rings. The van der Waals surface area contributed by atoms with Gasteiger partial charge in [-0.25, -0.2) is 0 Å². The van der Waals surface area contributed by atoms with Gasteiger partial charge in [0.25, 0.3) is 0 Å². The van der Waals surface area contributed by atoms with Gasteiger partial charge in [-0.05, 0) is 24.3 Å². The van der Waals surface area contributed by atoms with Crippen LogP contribution in [0.3, 0.4) is 0 Å². The fraction of sp³-hybridized carbons (Fsp3) is 0.250. The van der Waals surface area contributed by atoms with Gasteiger partial charge in [-0.3, -0.25) is 0 Å². The summed E-state index contributed by atoms with van der Waals surface area (Å²) in [5.41, 5.74) is 0. The highest BCUT2D eigenvalue weighted by Crippen LogP contribution is 2.10. The number of rotatable bonds is 3. The third-order valence-electron chi connectivity index (χ3n) is 1.17. The molecule has 0 atom stereocenters. The average molecular weight is 138 g/mol. The van der Waals surface area contributed by atoms with E-state index in [0.29, 0.717) is 0 Å². The van der Waals surface area contributed by atoms with Crippen LogP contribution in [0.25, 0.3) is 0 Å². The number of thiophene rings is 1. The first-order valence-electron chi connectivity index (χ1n) is 3.07. The van der Waals surface area contributed by atoms with E-state index in [1.165, 1.54) is 4.88 Å². The molecule has 0 radical (unpaired) electrons. The molecule has 0 fully saturated rings. The molecule has 0 aliphatic heterocycles. The van der Waals surface area contributed by atoms with Gasteiger partial charge in [0, 0.05) is 4.88 Å². The number of hydrogen-bond acceptors (Lipinski definition) is 1. The van der Waals surface area contributed by atoms with E-state index in [4.69, 9.17) is 0 Å². The van der Waals surface area contributed by atoms with E-state index in [2.05, 4.69) is 24.1 Å². The molecule has 9 heavy (non-hydrogen) atoms. The summed E-state index contributed by atoms with van der Waals surface area (Å²) in [6.45, 7) is 3.66. The lowest BCUT2D eigenvalue weighted by molar-refractivity contribution is 1.03. The Morgan fingerprint density at radius 2 is 2.56 bits per heavy atom. The van der Waals surface area contributed by atoms with E-state index < -0.39 is 0 Å². The van der Waals surface area contributed by atoms with Gasteiger partial charge in [0.2, 0.25) is 0 Å². The summed E-state index contributed by atoms with van der Waals surface area (Å²) >= 11 is 1.82. The first kappa shape index (κ1) is 6.56. The highest BCUT2D eigenvalue weighted by Gasteiger charge is 1.88. The van der Waals surface area contributed by atoms with E-state index in [1.54, 1.807) is 0 Å². The Balaban J connectivity index is 2.38. The molecular formula is C8H10S. The van der Waals surface area contributed by atoms with E-state index in [-0.39, 0.29) is 0 Å². The Kier molecular flexibility index (Phi) is 2.52. The lowest BCUT2D eigenvalue weighted by Crippen LogP contribution is -1.73. The first-order valence-corrected chi connectivity index (χ1v) is 3.94. The number of aryl methyl sites for hydroxylation is 1. The van der Waals surface area contributed by atoms with Gasteiger partial charge in [0.15, 0.2) is 0 Å². The Labute approximate surface area is 59.8 Å². The van der Waals surface area contributed by atoms with Crippen LogP contribution < -0.4 is 0 Å². The minimum absolute atomic E-state index is 1.10. The summed E-state index contributed by atoms with van der Waals surface area (Å²) in [6, 6.07) is 4.25. The topological polar surface area (TPSA) is 0 Å². The van der Waals surface area contributed by atoms with Crippen molar-refractivity contribution in [3.8, 4) is 0 Å². The fourth-order valence-corrected chi connectivity index (χ4v) is 1.42. The van der Waals surface area contributed by atoms with Crippen molar-refractivity contribution < 1.29 is 0 Å². The van der Waals surface area contributed by atoms with E-state index >= 15 is 0 Å². The number of hydrogen-bond donors (Lipinski definition) is 0. The maximum atomic E-state index is 3.66. The van der Waals surface area contributed by atoms with Crippen LogP contribution in [0, 0.1) is 0 Å². The standard InChI is InChI=1S/C8H10S/c1-2-3-5-8-6-4-7-9-8/h2,4,6-7H,1,3,5H2. The molecule has 0 saturated heterocycles. The molecular weight excluding hydrogens is 128 g/mol. The summed E-state index contributed by atoms with van der Waals surface area (Å²) in [7, 11) is 0. The van der Waals surface area contributed by atoms with Gasteiger partial charge < -0.3 is 0 Å². The van der Waals surface area contributed by atoms with E-state index in [1.807, 2.05) is 17.4 Å². The summed E-state index contributed by atoms with van der Waals surface area (Å²) in [6.07, 6.45) is 4.21. The van der Waals surface area contributed by atoms with Crippen molar-refractivity contribution in [3.63, 3.8) is 0 Å². The molecule has 48 valence electrons. The summed E-state index contributed by atoms with van der Waals surface area (Å²) in [4.78, 5) is 1.45. The lowest BCUT2D eigenvalue weighted by Gasteiger charge is -1.87. The third-order valence-corrected chi connectivity index (χ3v) is 2.11. The maximum Gasteiger partial charge on any atom is 0.00482 e. The Bertz CT molecular complexity index is 163. The van der Waals surface area contributed by atoms with Crippen LogP contribution in [-0.2, 0) is 6.42 Å². The molecule has 1 aromatic heterocycles. The normalized spacial score (nSPS) is 9.33. The van der Waals surface area contributed by atoms with Crippen molar-refractivity contribution in [3.05, 3.63) is 35.0 Å². The van der Waals surface area contributed by atoms with Gasteiger partial charge in [0.05, 0.1) is 0 Å². The zero-order valence-corrected chi connectivity index (χ0v) is 6.16. The lowest BCUT2D eigenvalue weighted by atomic mass is 10.3. The first-order chi connectivity index (χ1) is 4.43. The quantitative estimate of drug-likeness (QED) is 0.563. The average Bonchev–Trinajstić information content (AvgIpc) is 2.34. The van der Waals surface area contributed by atoms with Crippen LogP contribution in [0.1, 0.15) is 11.3 Å². The van der Waals surface area contributed by atoms with Crippen LogP contribution in [0.4, 0.5) is 0 Å². The predicted molar refractivity (Wildman–Crippen MR) is 42.8 cm³/mol. The van der Waals surface area contributed by atoms with Gasteiger partial charge in [0.1, 0.15) is 0 Å². The Hall–Kier alpha value is -0.560. The SMILES string of the molecule is C=CCCc1cccs1. The van der Waals surface area contributed by atoms with Crippen LogP contribution in [0.15, 0.2) is 30.2 Å². The molecule has 0 nitrogen and oxygen atoms in total. The summed E-state index contributed by atoms with van der Waals surface area (Å²) in [5.74, 6) is 0. The van der Waals surface area contributed by atoms with Crippen LogP contribution in [0.2, 0.25) is 0 Å². The minimum Gasteiger partial charge on any atom is -0.149 e. The summed E-state index contributed by atoms with van der Waals surface area (Å²) in [5, 5.41) is 2.11. The summed E-state index contributed by atoms with van der Waals surface area (Å²) < 4.78 is 0. The highest BCUT2D eigenvalue weighted by molar-refractivity contribution is 7.09. The van der Waals surface area contributed by atoms with Crippen molar-refractivity contribution >= 4 is 11.3 Å². The van der Waals surface area contributed by atoms with Crippen molar-refractivity contribution in [1.29, 1.82) is 0 Å². The maximum absolute atomic E-state index is 3.66. The molecule has 0 aliphatic carbocycles. The highest BCUT2D eigenvalue weighted by atomic mass is 32.1. The third kappa shape index (κ3) is 2.02. The smallest absolute Gasteiger partial charge is 0.00482 e. The predicted octanol–water partition coefficient (Wildman–Crippen LogP) is 2.87. The molecule has 0 unspecified atom stereocenters. The molecule has 0 saturated carbocycles. The second-order valence-electron chi connectivity index (χ2n) is 1.91. The molecule has 1 heterocycles. The molecule has 0 aliphatic rings. The molecule has 0 amide bonds. The van der Waals surface area contributed by atoms with Crippen LogP contribution in [0.5, 0.6) is 0 Å². The zero-order valence-electron chi connectivity index (χ0n) is 5.34. The fourth-order valence-electron chi connectivity index (χ4n) is 0.699. The molecule has 1 heteroatoms. The van der Waals surface area contributed by atoms with E-state index in [0.717, 1.165) is 12.8 Å². The minimum atomic E-state index is 1.10. The van der Waals surface area contributed by atoms with Gasteiger partial charge in [-0.15, -0.1) is 17.9 Å². The Morgan fingerprint density at radius 3 is 3.11 bits per heavy atom. The molecule has 1 rings (SSSR count). The van der Waals surface area contributed by atoms with Gasteiger partial charge >= 0.3 is 0 Å². The molecule has 0 bridgehead atoms. The second-order valence-corrected chi connectivity index (χ2v) is 2.94.